The van der Waals surface area contributed by atoms with E-state index in [4.69, 9.17) is 10.5 Å². The predicted molar refractivity (Wildman–Crippen MR) is 77.7 cm³/mol. The summed E-state index contributed by atoms with van der Waals surface area (Å²) in [7, 11) is 0. The van der Waals surface area contributed by atoms with Gasteiger partial charge >= 0.3 is 0 Å². The molecule has 0 saturated carbocycles. The predicted octanol–water partition coefficient (Wildman–Crippen LogP) is 3.02. The van der Waals surface area contributed by atoms with Gasteiger partial charge in [0.1, 0.15) is 17.4 Å². The molecule has 0 amide bonds. The van der Waals surface area contributed by atoms with Crippen molar-refractivity contribution in [3.05, 3.63) is 47.9 Å². The number of hydrogen-bond acceptors (Lipinski definition) is 5. The molecule has 3 rings (SSSR count). The van der Waals surface area contributed by atoms with Crippen LogP contribution in [0.1, 0.15) is 11.4 Å². The maximum Gasteiger partial charge on any atom is 0.227 e. The van der Waals surface area contributed by atoms with Crippen molar-refractivity contribution in [3.63, 3.8) is 0 Å². The van der Waals surface area contributed by atoms with Crippen molar-refractivity contribution >= 4 is 16.7 Å². The maximum absolute atomic E-state index is 5.82. The lowest BCUT2D eigenvalue weighted by atomic mass is 10.2. The molecule has 0 atom stereocenters. The Bertz CT molecular complexity index is 786. The normalized spacial score (nSPS) is 10.7. The van der Waals surface area contributed by atoms with E-state index in [0.29, 0.717) is 23.3 Å². The largest absolute Gasteiger partial charge is 0.438 e. The lowest BCUT2D eigenvalue weighted by Crippen LogP contribution is -2.02. The van der Waals surface area contributed by atoms with E-state index >= 15 is 0 Å². The highest BCUT2D eigenvalue weighted by Gasteiger charge is 2.09. The fourth-order valence-corrected chi connectivity index (χ4v) is 1.94. The van der Waals surface area contributed by atoms with Crippen LogP contribution in [0.2, 0.25) is 0 Å². The zero-order chi connectivity index (χ0) is 14.1. The first kappa shape index (κ1) is 12.3. The number of hydrogen-bond donors (Lipinski definition) is 1. The molecular weight excluding hydrogens is 252 g/mol. The van der Waals surface area contributed by atoms with E-state index in [1.807, 2.05) is 37.3 Å². The van der Waals surface area contributed by atoms with Gasteiger partial charge in [-0.15, -0.1) is 0 Å². The molecule has 0 bridgehead atoms. The fraction of sp³-hybridized carbons (Fsp3) is 0.133. The van der Waals surface area contributed by atoms with E-state index in [0.717, 1.165) is 16.5 Å². The number of anilines is 1. The summed E-state index contributed by atoms with van der Waals surface area (Å²) in [6.45, 7) is 3.62. The quantitative estimate of drug-likeness (QED) is 0.771. The molecule has 2 N–H and O–H groups in total. The van der Waals surface area contributed by atoms with Gasteiger partial charge in [0.25, 0.3) is 0 Å². The molecule has 1 aromatic carbocycles. The number of nitrogen functional groups attached to an aromatic ring is 1. The second-order valence-electron chi connectivity index (χ2n) is 4.55. The molecule has 0 fully saturated rings. The molecule has 5 nitrogen and oxygen atoms in total. The highest BCUT2D eigenvalue weighted by atomic mass is 16.5. The van der Waals surface area contributed by atoms with Gasteiger partial charge < -0.3 is 10.5 Å². The summed E-state index contributed by atoms with van der Waals surface area (Å²) < 4.78 is 5.81. The number of aromatic nitrogens is 3. The molecule has 2 aromatic heterocycles. The standard InChI is InChI=1S/C15H14N4O/c1-9-14(16)18-10(2)19-15(9)20-12-6-5-11-4-3-7-17-13(11)8-12/h3-8H,1-2H3,(H2,16,18,19). The van der Waals surface area contributed by atoms with E-state index in [1.54, 1.807) is 13.1 Å². The van der Waals surface area contributed by atoms with Crippen LogP contribution in [0, 0.1) is 13.8 Å². The van der Waals surface area contributed by atoms with Crippen molar-refractivity contribution in [2.75, 3.05) is 5.73 Å². The summed E-state index contributed by atoms with van der Waals surface area (Å²) in [4.78, 5) is 12.7. The molecule has 0 aliphatic carbocycles. The van der Waals surface area contributed by atoms with Crippen molar-refractivity contribution in [2.45, 2.75) is 13.8 Å². The topological polar surface area (TPSA) is 73.9 Å². The third-order valence-corrected chi connectivity index (χ3v) is 3.04. The SMILES string of the molecule is Cc1nc(N)c(C)c(Oc2ccc3cccnc3c2)n1. The van der Waals surface area contributed by atoms with Crippen LogP contribution in [0.15, 0.2) is 36.5 Å². The zero-order valence-corrected chi connectivity index (χ0v) is 11.3. The summed E-state index contributed by atoms with van der Waals surface area (Å²) >= 11 is 0. The van der Waals surface area contributed by atoms with Crippen LogP contribution >= 0.6 is 0 Å². The number of ether oxygens (including phenoxy) is 1. The molecule has 0 unspecified atom stereocenters. The molecule has 0 radical (unpaired) electrons. The van der Waals surface area contributed by atoms with E-state index in [1.165, 1.54) is 0 Å². The van der Waals surface area contributed by atoms with Gasteiger partial charge in [0, 0.05) is 17.6 Å². The molecule has 5 heteroatoms. The van der Waals surface area contributed by atoms with Crippen molar-refractivity contribution in [1.29, 1.82) is 0 Å². The number of nitrogens with two attached hydrogens (primary N) is 1. The first-order valence-electron chi connectivity index (χ1n) is 6.27. The number of benzene rings is 1. The fourth-order valence-electron chi connectivity index (χ4n) is 1.94. The van der Waals surface area contributed by atoms with Crippen molar-refractivity contribution in [2.24, 2.45) is 0 Å². The minimum Gasteiger partial charge on any atom is -0.438 e. The molecule has 0 aliphatic rings. The monoisotopic (exact) mass is 266 g/mol. The number of rotatable bonds is 2. The van der Waals surface area contributed by atoms with Gasteiger partial charge in [-0.05, 0) is 32.0 Å². The second-order valence-corrected chi connectivity index (χ2v) is 4.55. The van der Waals surface area contributed by atoms with Gasteiger partial charge in [-0.3, -0.25) is 4.98 Å². The van der Waals surface area contributed by atoms with Crippen molar-refractivity contribution < 1.29 is 4.74 Å². The average molecular weight is 266 g/mol. The summed E-state index contributed by atoms with van der Waals surface area (Å²) in [5.74, 6) is 2.18. The molecule has 0 aliphatic heterocycles. The molecule has 0 saturated heterocycles. The smallest absolute Gasteiger partial charge is 0.227 e. The Labute approximate surface area is 116 Å². The Balaban J connectivity index is 2.01. The summed E-state index contributed by atoms with van der Waals surface area (Å²) in [6.07, 6.45) is 1.75. The third kappa shape index (κ3) is 2.25. The molecule has 0 spiro atoms. The van der Waals surface area contributed by atoms with E-state index in [9.17, 15) is 0 Å². The van der Waals surface area contributed by atoms with Gasteiger partial charge in [0.15, 0.2) is 0 Å². The Morgan fingerprint density at radius 2 is 1.95 bits per heavy atom. The van der Waals surface area contributed by atoms with Crippen LogP contribution in [0.3, 0.4) is 0 Å². The molecule has 20 heavy (non-hydrogen) atoms. The van der Waals surface area contributed by atoms with Crippen LogP contribution < -0.4 is 10.5 Å². The number of nitrogens with zero attached hydrogens (tertiary/aromatic N) is 3. The molecule has 3 aromatic rings. The van der Waals surface area contributed by atoms with Crippen LogP contribution in [-0.4, -0.2) is 15.0 Å². The van der Waals surface area contributed by atoms with Crippen molar-refractivity contribution in [3.8, 4) is 11.6 Å². The maximum atomic E-state index is 5.82. The Hall–Kier alpha value is -2.69. The third-order valence-electron chi connectivity index (χ3n) is 3.04. The highest BCUT2D eigenvalue weighted by Crippen LogP contribution is 2.27. The first-order valence-corrected chi connectivity index (χ1v) is 6.27. The van der Waals surface area contributed by atoms with E-state index in [-0.39, 0.29) is 0 Å². The van der Waals surface area contributed by atoms with Gasteiger partial charge in [-0.2, -0.15) is 4.98 Å². The zero-order valence-electron chi connectivity index (χ0n) is 11.3. The van der Waals surface area contributed by atoms with Crippen molar-refractivity contribution in [1.82, 2.24) is 15.0 Å². The van der Waals surface area contributed by atoms with E-state index < -0.39 is 0 Å². The van der Waals surface area contributed by atoms with Gasteiger partial charge in [0.2, 0.25) is 5.88 Å². The van der Waals surface area contributed by atoms with Crippen LogP contribution in [0.4, 0.5) is 5.82 Å². The minimum absolute atomic E-state index is 0.436. The van der Waals surface area contributed by atoms with Crippen LogP contribution in [0.5, 0.6) is 11.6 Å². The minimum atomic E-state index is 0.436. The average Bonchev–Trinajstić information content (AvgIpc) is 2.44. The highest BCUT2D eigenvalue weighted by molar-refractivity contribution is 5.79. The molecular formula is C15H14N4O. The number of fused-ring (bicyclic) bond motifs is 1. The number of aryl methyl sites for hydroxylation is 1. The molecule has 100 valence electrons. The summed E-state index contributed by atoms with van der Waals surface area (Å²) in [5, 5.41) is 1.06. The van der Waals surface area contributed by atoms with Gasteiger partial charge in [-0.25, -0.2) is 4.98 Å². The summed E-state index contributed by atoms with van der Waals surface area (Å²) in [6, 6.07) is 9.63. The Morgan fingerprint density at radius 1 is 1.10 bits per heavy atom. The Kier molecular flexibility index (Phi) is 2.95. The summed E-state index contributed by atoms with van der Waals surface area (Å²) in [5.41, 5.74) is 7.43. The lowest BCUT2D eigenvalue weighted by Gasteiger charge is -2.10. The first-order chi connectivity index (χ1) is 9.63. The van der Waals surface area contributed by atoms with Gasteiger partial charge in [0.05, 0.1) is 11.1 Å². The molecule has 2 heterocycles. The van der Waals surface area contributed by atoms with Gasteiger partial charge in [-0.1, -0.05) is 6.07 Å². The lowest BCUT2D eigenvalue weighted by molar-refractivity contribution is 0.457. The van der Waals surface area contributed by atoms with Crippen LogP contribution in [0.25, 0.3) is 10.9 Å². The number of pyridine rings is 1. The second kappa shape index (κ2) is 4.77. The Morgan fingerprint density at radius 3 is 2.80 bits per heavy atom. The van der Waals surface area contributed by atoms with Crippen LogP contribution in [-0.2, 0) is 0 Å². The van der Waals surface area contributed by atoms with E-state index in [2.05, 4.69) is 15.0 Å².